The Bertz CT molecular complexity index is 666. The summed E-state index contributed by atoms with van der Waals surface area (Å²) in [6.45, 7) is 2.69. The van der Waals surface area contributed by atoms with Crippen LogP contribution in [0.1, 0.15) is 33.8 Å². The fraction of sp³-hybridized carbons (Fsp3) is 0.267. The highest BCUT2D eigenvalue weighted by molar-refractivity contribution is 7.10. The lowest BCUT2D eigenvalue weighted by Crippen LogP contribution is -2.38. The Morgan fingerprint density at radius 3 is 3.05 bits per heavy atom. The van der Waals surface area contributed by atoms with Crippen LogP contribution in [0.3, 0.4) is 0 Å². The van der Waals surface area contributed by atoms with Gasteiger partial charge in [0.1, 0.15) is 0 Å². The van der Waals surface area contributed by atoms with E-state index in [1.54, 1.807) is 34.4 Å². The molecule has 5 heteroatoms. The van der Waals surface area contributed by atoms with Gasteiger partial charge >= 0.3 is 0 Å². The Hall–Kier alpha value is -2.01. The van der Waals surface area contributed by atoms with Gasteiger partial charge in [-0.25, -0.2) is 0 Å². The molecule has 1 aromatic heterocycles. The number of nitrogens with two attached hydrogens (primary N) is 1. The lowest BCUT2D eigenvalue weighted by molar-refractivity contribution is 0.0676. The van der Waals surface area contributed by atoms with Crippen LogP contribution in [-0.2, 0) is 6.42 Å². The van der Waals surface area contributed by atoms with Crippen molar-refractivity contribution in [3.63, 3.8) is 0 Å². The summed E-state index contributed by atoms with van der Waals surface area (Å²) in [5.41, 5.74) is 7.38. The van der Waals surface area contributed by atoms with Crippen molar-refractivity contribution in [1.82, 2.24) is 4.90 Å². The normalized spacial score (nSPS) is 17.9. The zero-order valence-electron chi connectivity index (χ0n) is 11.2. The fourth-order valence-corrected chi connectivity index (χ4v) is 3.64. The third-order valence-corrected chi connectivity index (χ3v) is 4.83. The van der Waals surface area contributed by atoms with Gasteiger partial charge in [0, 0.05) is 11.4 Å². The van der Waals surface area contributed by atoms with Crippen LogP contribution in [0.2, 0.25) is 0 Å². The number of rotatable bonds is 1. The molecule has 2 aromatic rings. The van der Waals surface area contributed by atoms with Crippen LogP contribution in [0.25, 0.3) is 0 Å². The lowest BCUT2D eigenvalue weighted by atomic mass is 10.00. The van der Waals surface area contributed by atoms with Crippen molar-refractivity contribution in [3.05, 3.63) is 45.6 Å². The average Bonchev–Trinajstić information content (AvgIpc) is 2.91. The molecule has 1 amide bonds. The summed E-state index contributed by atoms with van der Waals surface area (Å²) in [6.07, 6.45) is 0.867. The smallest absolute Gasteiger partial charge is 0.258 e. The number of anilines is 1. The van der Waals surface area contributed by atoms with E-state index in [4.69, 9.17) is 5.73 Å². The summed E-state index contributed by atoms with van der Waals surface area (Å²) in [7, 11) is 0. The number of para-hydroxylation sites is 1. The minimum atomic E-state index is -0.167. The number of thiophene rings is 1. The predicted octanol–water partition coefficient (Wildman–Crippen LogP) is 2.80. The van der Waals surface area contributed by atoms with Crippen molar-refractivity contribution >= 4 is 22.9 Å². The number of phenolic OH excluding ortho intramolecular Hbond substituents is 1. The molecule has 0 saturated carbocycles. The van der Waals surface area contributed by atoms with E-state index in [2.05, 4.69) is 11.4 Å². The Morgan fingerprint density at radius 1 is 1.45 bits per heavy atom. The number of fused-ring (bicyclic) bond motifs is 1. The van der Waals surface area contributed by atoms with Crippen LogP contribution in [0.15, 0.2) is 29.6 Å². The molecule has 1 aliphatic heterocycles. The number of carbonyl (C=O) groups is 1. The van der Waals surface area contributed by atoms with Crippen molar-refractivity contribution in [2.75, 3.05) is 12.3 Å². The number of phenols is 1. The van der Waals surface area contributed by atoms with E-state index in [-0.39, 0.29) is 28.9 Å². The molecule has 0 spiro atoms. The Balaban J connectivity index is 1.94. The van der Waals surface area contributed by atoms with Crippen LogP contribution in [0.5, 0.6) is 5.75 Å². The van der Waals surface area contributed by atoms with Crippen molar-refractivity contribution in [2.45, 2.75) is 19.4 Å². The van der Waals surface area contributed by atoms with Crippen molar-refractivity contribution in [3.8, 4) is 5.75 Å². The lowest BCUT2D eigenvalue weighted by Gasteiger charge is -2.33. The molecule has 20 heavy (non-hydrogen) atoms. The van der Waals surface area contributed by atoms with Crippen molar-refractivity contribution < 1.29 is 9.90 Å². The number of benzene rings is 1. The number of nitrogen functional groups attached to an aromatic ring is 1. The molecule has 0 radical (unpaired) electrons. The van der Waals surface area contributed by atoms with Crippen LogP contribution in [0, 0.1) is 0 Å². The quantitative estimate of drug-likeness (QED) is 0.626. The summed E-state index contributed by atoms with van der Waals surface area (Å²) < 4.78 is 0. The zero-order valence-corrected chi connectivity index (χ0v) is 12.0. The molecule has 1 aliphatic rings. The topological polar surface area (TPSA) is 66.6 Å². The molecule has 3 rings (SSSR count). The van der Waals surface area contributed by atoms with Gasteiger partial charge in [-0.2, -0.15) is 0 Å². The minimum absolute atomic E-state index is 0.0262. The summed E-state index contributed by atoms with van der Waals surface area (Å²) in [4.78, 5) is 15.8. The number of nitrogens with zero attached hydrogens (tertiary/aromatic N) is 1. The van der Waals surface area contributed by atoms with Crippen molar-refractivity contribution in [2.24, 2.45) is 0 Å². The van der Waals surface area contributed by atoms with E-state index < -0.39 is 0 Å². The standard InChI is InChI=1S/C15H16N2O2S/c1-9-10-6-8-20-13(10)5-7-17(9)15(19)11-3-2-4-12(16)14(11)18/h2-4,6,8-9,18H,5,7,16H2,1H3. The summed E-state index contributed by atoms with van der Waals surface area (Å²) in [5, 5.41) is 12.0. The number of hydrogen-bond donors (Lipinski definition) is 2. The average molecular weight is 288 g/mol. The highest BCUT2D eigenvalue weighted by atomic mass is 32.1. The van der Waals surface area contributed by atoms with Crippen LogP contribution in [0.4, 0.5) is 5.69 Å². The molecule has 104 valence electrons. The fourth-order valence-electron chi connectivity index (χ4n) is 2.68. The second kappa shape index (κ2) is 4.83. The maximum absolute atomic E-state index is 12.6. The summed E-state index contributed by atoms with van der Waals surface area (Å²) in [6, 6.07) is 6.99. The largest absolute Gasteiger partial charge is 0.505 e. The number of amides is 1. The van der Waals surface area contributed by atoms with Gasteiger partial charge in [-0.05, 0) is 42.5 Å². The van der Waals surface area contributed by atoms with E-state index in [0.29, 0.717) is 6.54 Å². The number of carbonyl (C=O) groups excluding carboxylic acids is 1. The summed E-state index contributed by atoms with van der Waals surface area (Å²) in [5.74, 6) is -0.292. The van der Waals surface area contributed by atoms with Crippen LogP contribution >= 0.6 is 11.3 Å². The third-order valence-electron chi connectivity index (χ3n) is 3.84. The van der Waals surface area contributed by atoms with E-state index >= 15 is 0 Å². The monoisotopic (exact) mass is 288 g/mol. The first-order valence-electron chi connectivity index (χ1n) is 6.54. The van der Waals surface area contributed by atoms with E-state index in [9.17, 15) is 9.90 Å². The molecule has 0 bridgehead atoms. The van der Waals surface area contributed by atoms with Gasteiger partial charge in [0.25, 0.3) is 5.91 Å². The minimum Gasteiger partial charge on any atom is -0.505 e. The van der Waals surface area contributed by atoms with Gasteiger partial charge in [-0.15, -0.1) is 11.3 Å². The second-order valence-corrected chi connectivity index (χ2v) is 5.97. The maximum atomic E-state index is 12.6. The highest BCUT2D eigenvalue weighted by Crippen LogP contribution is 2.35. The van der Waals surface area contributed by atoms with Gasteiger partial charge < -0.3 is 15.7 Å². The van der Waals surface area contributed by atoms with Gasteiger partial charge in [0.15, 0.2) is 5.75 Å². The number of aromatic hydroxyl groups is 1. The SMILES string of the molecule is CC1c2ccsc2CCN1C(=O)c1cccc(N)c1O. The molecular formula is C15H16N2O2S. The third kappa shape index (κ3) is 1.94. The molecule has 0 saturated heterocycles. The van der Waals surface area contributed by atoms with Crippen LogP contribution in [-0.4, -0.2) is 22.5 Å². The molecule has 1 atom stereocenters. The first kappa shape index (κ1) is 13.0. The molecule has 1 aromatic carbocycles. The van der Waals surface area contributed by atoms with Crippen LogP contribution < -0.4 is 5.73 Å². The molecule has 0 fully saturated rings. The van der Waals surface area contributed by atoms with Gasteiger partial charge in [0.05, 0.1) is 17.3 Å². The summed E-state index contributed by atoms with van der Waals surface area (Å²) >= 11 is 1.74. The molecular weight excluding hydrogens is 272 g/mol. The molecule has 4 nitrogen and oxygen atoms in total. The zero-order chi connectivity index (χ0) is 14.3. The maximum Gasteiger partial charge on any atom is 0.258 e. The van der Waals surface area contributed by atoms with Gasteiger partial charge in [-0.1, -0.05) is 6.07 Å². The van der Waals surface area contributed by atoms with Gasteiger partial charge in [0.2, 0.25) is 0 Å². The Kier molecular flexibility index (Phi) is 3.14. The molecule has 2 heterocycles. The number of hydrogen-bond acceptors (Lipinski definition) is 4. The first-order chi connectivity index (χ1) is 9.59. The Labute approximate surface area is 121 Å². The first-order valence-corrected chi connectivity index (χ1v) is 7.42. The highest BCUT2D eigenvalue weighted by Gasteiger charge is 2.30. The molecule has 0 aliphatic carbocycles. The second-order valence-electron chi connectivity index (χ2n) is 4.97. The van der Waals surface area contributed by atoms with Gasteiger partial charge in [-0.3, -0.25) is 4.79 Å². The Morgan fingerprint density at radius 2 is 2.25 bits per heavy atom. The molecule has 3 N–H and O–H groups in total. The van der Waals surface area contributed by atoms with E-state index in [1.807, 2.05) is 6.92 Å². The van der Waals surface area contributed by atoms with E-state index in [1.165, 1.54) is 10.4 Å². The predicted molar refractivity (Wildman–Crippen MR) is 80.0 cm³/mol. The molecule has 1 unspecified atom stereocenters. The van der Waals surface area contributed by atoms with E-state index in [0.717, 1.165) is 6.42 Å². The van der Waals surface area contributed by atoms with Crippen molar-refractivity contribution in [1.29, 1.82) is 0 Å².